The van der Waals surface area contributed by atoms with Crippen molar-refractivity contribution in [3.63, 3.8) is 0 Å². The van der Waals surface area contributed by atoms with E-state index in [-0.39, 0.29) is 36.7 Å². The molecule has 0 saturated carbocycles. The minimum Gasteiger partial charge on any atom is -0.494 e. The zero-order valence-corrected chi connectivity index (χ0v) is 21.2. The van der Waals surface area contributed by atoms with Crippen molar-refractivity contribution >= 4 is 5.91 Å². The van der Waals surface area contributed by atoms with Crippen LogP contribution in [0.2, 0.25) is 0 Å². The Labute approximate surface area is 221 Å². The van der Waals surface area contributed by atoms with Gasteiger partial charge in [-0.3, -0.25) is 19.3 Å². The van der Waals surface area contributed by atoms with Crippen molar-refractivity contribution in [1.29, 1.82) is 0 Å². The molecule has 9 nitrogen and oxygen atoms in total. The van der Waals surface area contributed by atoms with Crippen LogP contribution in [0.25, 0.3) is 0 Å². The maximum atomic E-state index is 14.4. The van der Waals surface area contributed by atoms with Gasteiger partial charge < -0.3 is 19.4 Å². The third kappa shape index (κ3) is 6.52. The van der Waals surface area contributed by atoms with Crippen LogP contribution in [0.4, 0.5) is 13.2 Å². The highest BCUT2D eigenvalue weighted by Gasteiger charge is 2.18. The first-order valence-electron chi connectivity index (χ1n) is 11.9. The summed E-state index contributed by atoms with van der Waals surface area (Å²) in [6.45, 7) is 0.417. The maximum absolute atomic E-state index is 14.4. The predicted octanol–water partition coefficient (Wildman–Crippen LogP) is 3.70. The fraction of sp³-hybridized carbons (Fsp3) is 0.259. The van der Waals surface area contributed by atoms with Crippen LogP contribution < -0.4 is 15.6 Å². The molecule has 1 aromatic carbocycles. The fourth-order valence-corrected chi connectivity index (χ4v) is 3.96. The number of ether oxygens (including phenoxy) is 2. The maximum Gasteiger partial charge on any atom is 0.269 e. The number of rotatable bonds is 11. The van der Waals surface area contributed by atoms with Crippen molar-refractivity contribution in [3.05, 3.63) is 111 Å². The smallest absolute Gasteiger partial charge is 0.269 e. The Morgan fingerprint density at radius 1 is 1.05 bits per heavy atom. The molecule has 12 heteroatoms. The quantitative estimate of drug-likeness (QED) is 0.311. The van der Waals surface area contributed by atoms with Gasteiger partial charge in [-0.2, -0.15) is 5.10 Å². The highest BCUT2D eigenvalue weighted by molar-refractivity contribution is 5.95. The van der Waals surface area contributed by atoms with Gasteiger partial charge in [0, 0.05) is 31.8 Å². The molecule has 0 spiro atoms. The largest absolute Gasteiger partial charge is 0.494 e. The Bertz CT molecular complexity index is 1500. The first-order valence-corrected chi connectivity index (χ1v) is 11.9. The van der Waals surface area contributed by atoms with Crippen LogP contribution in [0.15, 0.2) is 65.8 Å². The average molecular weight is 542 g/mol. The lowest BCUT2D eigenvalue weighted by atomic mass is 10.1. The van der Waals surface area contributed by atoms with Gasteiger partial charge in [0.05, 0.1) is 50.2 Å². The van der Waals surface area contributed by atoms with E-state index < -0.39 is 29.3 Å². The summed E-state index contributed by atoms with van der Waals surface area (Å²) in [5, 5.41) is 7.10. The van der Waals surface area contributed by atoms with Crippen LogP contribution in [-0.2, 0) is 31.0 Å². The molecule has 0 fully saturated rings. The minimum absolute atomic E-state index is 0.0295. The van der Waals surface area contributed by atoms with Gasteiger partial charge in [-0.05, 0) is 23.3 Å². The molecule has 0 atom stereocenters. The third-order valence-corrected chi connectivity index (χ3v) is 5.93. The third-order valence-electron chi connectivity index (χ3n) is 5.93. The molecule has 0 aliphatic heterocycles. The number of pyridine rings is 2. The van der Waals surface area contributed by atoms with Crippen LogP contribution >= 0.6 is 0 Å². The van der Waals surface area contributed by atoms with E-state index >= 15 is 0 Å². The van der Waals surface area contributed by atoms with Crippen molar-refractivity contribution in [1.82, 2.24) is 24.6 Å². The highest BCUT2D eigenvalue weighted by atomic mass is 19.3. The second-order valence-electron chi connectivity index (χ2n) is 8.59. The molecular weight excluding hydrogens is 515 g/mol. The number of alkyl halides is 2. The van der Waals surface area contributed by atoms with Crippen LogP contribution in [0.3, 0.4) is 0 Å². The summed E-state index contributed by atoms with van der Waals surface area (Å²) in [5.74, 6) is -1.09. The standard InChI is InChI=1S/C27H26F3N5O4/c1-38-16-22-20(26(36)32-12-21-24(28)23(39-2)9-10-31-21)15-35(33-22)14-18-7-5-17(6-8-18)13-34-11-3-4-19(25(29)30)27(34)37/h3-11,15,25H,12-14,16H2,1-2H3,(H,32,36). The number of amides is 1. The molecular formula is C27H26F3N5O4. The second-order valence-corrected chi connectivity index (χ2v) is 8.59. The van der Waals surface area contributed by atoms with Crippen LogP contribution in [0, 0.1) is 5.82 Å². The number of carbonyl (C=O) groups is 1. The molecule has 4 rings (SSSR count). The lowest BCUT2D eigenvalue weighted by molar-refractivity contribution is 0.0945. The molecule has 3 aromatic heterocycles. The molecule has 0 aliphatic rings. The summed E-state index contributed by atoms with van der Waals surface area (Å²) in [5.41, 5.74) is 1.06. The summed E-state index contributed by atoms with van der Waals surface area (Å²) in [6.07, 6.45) is 1.59. The van der Waals surface area contributed by atoms with Gasteiger partial charge in [0.1, 0.15) is 5.69 Å². The van der Waals surface area contributed by atoms with Gasteiger partial charge in [-0.1, -0.05) is 24.3 Å². The van der Waals surface area contributed by atoms with Crippen LogP contribution in [-0.4, -0.2) is 39.5 Å². The number of hydrogen-bond acceptors (Lipinski definition) is 6. The van der Waals surface area contributed by atoms with Gasteiger partial charge in [-0.15, -0.1) is 0 Å². The molecule has 1 N–H and O–H groups in total. The Balaban J connectivity index is 1.45. The van der Waals surface area contributed by atoms with Gasteiger partial charge in [0.2, 0.25) is 0 Å². The number of nitrogens with one attached hydrogen (secondary N) is 1. The molecule has 4 aromatic rings. The monoisotopic (exact) mass is 541 g/mol. The lowest BCUT2D eigenvalue weighted by Crippen LogP contribution is -2.24. The van der Waals surface area contributed by atoms with Gasteiger partial charge in [0.25, 0.3) is 17.9 Å². The van der Waals surface area contributed by atoms with Crippen molar-refractivity contribution in [2.24, 2.45) is 0 Å². The number of benzene rings is 1. The Hall–Kier alpha value is -4.45. The zero-order valence-electron chi connectivity index (χ0n) is 21.2. The van der Waals surface area contributed by atoms with Crippen molar-refractivity contribution < 1.29 is 27.4 Å². The molecule has 3 heterocycles. The summed E-state index contributed by atoms with van der Waals surface area (Å²) in [4.78, 5) is 29.1. The Kier molecular flexibility index (Phi) is 8.77. The molecule has 0 unspecified atom stereocenters. The van der Waals surface area contributed by atoms with Crippen molar-refractivity contribution in [3.8, 4) is 5.75 Å². The van der Waals surface area contributed by atoms with Crippen molar-refractivity contribution in [2.45, 2.75) is 32.7 Å². The second kappa shape index (κ2) is 12.4. The summed E-state index contributed by atoms with van der Waals surface area (Å²) < 4.78 is 53.4. The van der Waals surface area contributed by atoms with E-state index in [1.54, 1.807) is 23.0 Å². The predicted molar refractivity (Wildman–Crippen MR) is 135 cm³/mol. The molecule has 0 radical (unpaired) electrons. The fourth-order valence-electron chi connectivity index (χ4n) is 3.96. The molecule has 0 aliphatic carbocycles. The first kappa shape index (κ1) is 27.6. The van der Waals surface area contributed by atoms with Crippen molar-refractivity contribution in [2.75, 3.05) is 14.2 Å². The van der Waals surface area contributed by atoms with E-state index in [0.717, 1.165) is 17.2 Å². The zero-order chi connectivity index (χ0) is 27.9. The first-order chi connectivity index (χ1) is 18.8. The summed E-state index contributed by atoms with van der Waals surface area (Å²) >= 11 is 0. The molecule has 0 bridgehead atoms. The number of halogens is 3. The number of hydrogen-bond donors (Lipinski definition) is 1. The number of nitrogens with zero attached hydrogens (tertiary/aromatic N) is 4. The van der Waals surface area contributed by atoms with E-state index in [0.29, 0.717) is 12.2 Å². The van der Waals surface area contributed by atoms with Gasteiger partial charge >= 0.3 is 0 Å². The molecule has 0 saturated heterocycles. The SMILES string of the molecule is COCc1nn(Cc2ccc(Cn3cccc(C(F)F)c3=O)cc2)cc1C(=O)NCc1nccc(OC)c1F. The lowest BCUT2D eigenvalue weighted by Gasteiger charge is -2.09. The molecule has 204 valence electrons. The van der Waals surface area contributed by atoms with E-state index in [2.05, 4.69) is 15.4 Å². The van der Waals surface area contributed by atoms with E-state index in [1.807, 2.05) is 12.1 Å². The molecule has 1 amide bonds. The van der Waals surface area contributed by atoms with Gasteiger partial charge in [-0.25, -0.2) is 13.2 Å². The van der Waals surface area contributed by atoms with E-state index in [9.17, 15) is 22.8 Å². The number of methoxy groups -OCH3 is 2. The summed E-state index contributed by atoms with van der Waals surface area (Å²) in [6, 6.07) is 11.2. The number of carbonyl (C=O) groups excluding carboxylic acids is 1. The van der Waals surface area contributed by atoms with Crippen LogP contribution in [0.1, 0.15) is 44.9 Å². The summed E-state index contributed by atoms with van der Waals surface area (Å²) in [7, 11) is 2.83. The number of aromatic nitrogens is 4. The normalized spacial score (nSPS) is 11.1. The van der Waals surface area contributed by atoms with Gasteiger partial charge in [0.15, 0.2) is 11.6 Å². The highest BCUT2D eigenvalue weighted by Crippen LogP contribution is 2.18. The van der Waals surface area contributed by atoms with E-state index in [1.165, 1.54) is 43.3 Å². The molecule has 39 heavy (non-hydrogen) atoms. The Morgan fingerprint density at radius 3 is 2.44 bits per heavy atom. The minimum atomic E-state index is -2.84. The topological polar surface area (TPSA) is 100 Å². The Morgan fingerprint density at radius 2 is 1.77 bits per heavy atom. The average Bonchev–Trinajstić information content (AvgIpc) is 3.32. The van der Waals surface area contributed by atoms with E-state index in [4.69, 9.17) is 9.47 Å². The van der Waals surface area contributed by atoms with Crippen LogP contribution in [0.5, 0.6) is 5.75 Å².